The molecule has 290 valence electrons. The van der Waals surface area contributed by atoms with Crippen molar-refractivity contribution in [1.82, 2.24) is 0 Å². The van der Waals surface area contributed by atoms with Crippen LogP contribution in [0, 0.1) is 0 Å². The van der Waals surface area contributed by atoms with Crippen LogP contribution in [0.4, 0.5) is 0 Å². The van der Waals surface area contributed by atoms with Gasteiger partial charge in [-0.1, -0.05) is 127 Å². The molecule has 1 rings (SSSR count). The largest absolute Gasteiger partial charge is 0.469 e. The molecule has 3 atom stereocenters. The summed E-state index contributed by atoms with van der Waals surface area (Å²) in [5, 5.41) is 0. The number of phosphoric ester groups is 1. The SMILES string of the molecule is CCCCC/C=C\C/C=C\CCCCCCCCC(=O)O[C@H](COC(=O)CCCCCCCC1OC1C/C=C\CCCCC)COP(=O)(O)O. The predicted molar refractivity (Wildman–Crippen MR) is 202 cm³/mol. The number of unbranched alkanes of at least 4 members (excludes halogenated alkanes) is 16. The van der Waals surface area contributed by atoms with Crippen molar-refractivity contribution in [2.75, 3.05) is 13.2 Å². The highest BCUT2D eigenvalue weighted by Crippen LogP contribution is 2.36. The van der Waals surface area contributed by atoms with Gasteiger partial charge in [0.15, 0.2) is 6.10 Å². The summed E-state index contributed by atoms with van der Waals surface area (Å²) in [4.78, 5) is 42.8. The van der Waals surface area contributed by atoms with E-state index in [2.05, 4.69) is 54.8 Å². The zero-order valence-corrected chi connectivity index (χ0v) is 32.4. The van der Waals surface area contributed by atoms with Crippen molar-refractivity contribution in [2.45, 2.75) is 193 Å². The molecule has 50 heavy (non-hydrogen) atoms. The Hall–Kier alpha value is -1.77. The van der Waals surface area contributed by atoms with E-state index in [0.29, 0.717) is 25.0 Å². The zero-order valence-electron chi connectivity index (χ0n) is 31.5. The fourth-order valence-corrected chi connectivity index (χ4v) is 6.06. The van der Waals surface area contributed by atoms with Crippen molar-refractivity contribution in [3.8, 4) is 0 Å². The topological polar surface area (TPSA) is 132 Å². The van der Waals surface area contributed by atoms with Crippen LogP contribution in [0.15, 0.2) is 36.5 Å². The number of carbonyl (C=O) groups excluding carboxylic acids is 2. The Labute approximate surface area is 304 Å². The molecule has 1 aliphatic rings. The van der Waals surface area contributed by atoms with E-state index in [4.69, 9.17) is 24.0 Å². The third-order valence-electron chi connectivity index (χ3n) is 8.81. The van der Waals surface area contributed by atoms with Crippen LogP contribution in [0.25, 0.3) is 0 Å². The minimum absolute atomic E-state index is 0.193. The predicted octanol–water partition coefficient (Wildman–Crippen LogP) is 10.8. The van der Waals surface area contributed by atoms with Crippen LogP contribution < -0.4 is 0 Å². The smallest absolute Gasteiger partial charge is 0.462 e. The summed E-state index contributed by atoms with van der Waals surface area (Å²) in [5.74, 6) is -0.920. The molecule has 1 heterocycles. The summed E-state index contributed by atoms with van der Waals surface area (Å²) in [6.07, 6.45) is 38.8. The van der Waals surface area contributed by atoms with Crippen molar-refractivity contribution in [3.63, 3.8) is 0 Å². The Morgan fingerprint density at radius 3 is 1.76 bits per heavy atom. The number of esters is 2. The summed E-state index contributed by atoms with van der Waals surface area (Å²) in [6.45, 7) is 3.59. The molecular formula is C40H71O9P. The van der Waals surface area contributed by atoms with E-state index < -0.39 is 32.5 Å². The lowest BCUT2D eigenvalue weighted by molar-refractivity contribution is -0.161. The second-order valence-electron chi connectivity index (χ2n) is 13.6. The Kier molecular flexibility index (Phi) is 29.5. The second-order valence-corrected chi connectivity index (χ2v) is 14.9. The fourth-order valence-electron chi connectivity index (χ4n) is 5.70. The van der Waals surface area contributed by atoms with E-state index >= 15 is 0 Å². The highest BCUT2D eigenvalue weighted by Gasteiger charge is 2.36. The van der Waals surface area contributed by atoms with Crippen molar-refractivity contribution in [3.05, 3.63) is 36.5 Å². The van der Waals surface area contributed by atoms with Gasteiger partial charge < -0.3 is 24.0 Å². The van der Waals surface area contributed by atoms with Gasteiger partial charge in [0.25, 0.3) is 0 Å². The number of hydrogen-bond acceptors (Lipinski definition) is 7. The van der Waals surface area contributed by atoms with Crippen LogP contribution in [0.1, 0.15) is 174 Å². The van der Waals surface area contributed by atoms with E-state index in [1.165, 1.54) is 44.9 Å². The van der Waals surface area contributed by atoms with Crippen molar-refractivity contribution in [2.24, 2.45) is 0 Å². The third kappa shape index (κ3) is 31.0. The van der Waals surface area contributed by atoms with Gasteiger partial charge in [0.2, 0.25) is 0 Å². The van der Waals surface area contributed by atoms with Gasteiger partial charge in [0.1, 0.15) is 6.61 Å². The molecule has 0 aromatic heterocycles. The quantitative estimate of drug-likeness (QED) is 0.0215. The van der Waals surface area contributed by atoms with E-state index in [1.54, 1.807) is 0 Å². The van der Waals surface area contributed by atoms with E-state index in [-0.39, 0.29) is 19.4 Å². The lowest BCUT2D eigenvalue weighted by Crippen LogP contribution is -2.29. The molecule has 0 saturated carbocycles. The molecule has 0 bridgehead atoms. The molecule has 9 nitrogen and oxygen atoms in total. The first-order chi connectivity index (χ1) is 24.2. The van der Waals surface area contributed by atoms with Crippen LogP contribution in [-0.4, -0.2) is 53.3 Å². The van der Waals surface area contributed by atoms with Gasteiger partial charge in [0, 0.05) is 12.8 Å². The first kappa shape index (κ1) is 46.3. The molecule has 1 aliphatic heterocycles. The molecule has 0 spiro atoms. The van der Waals surface area contributed by atoms with Crippen LogP contribution >= 0.6 is 7.82 Å². The van der Waals surface area contributed by atoms with Gasteiger partial charge in [0.05, 0.1) is 18.8 Å². The molecule has 2 unspecified atom stereocenters. The first-order valence-corrected chi connectivity index (χ1v) is 21.4. The summed E-state index contributed by atoms with van der Waals surface area (Å²) in [7, 11) is -4.76. The maximum atomic E-state index is 12.4. The lowest BCUT2D eigenvalue weighted by Gasteiger charge is -2.18. The van der Waals surface area contributed by atoms with Crippen molar-refractivity contribution >= 4 is 19.8 Å². The number of epoxide rings is 1. The minimum atomic E-state index is -4.76. The molecule has 1 saturated heterocycles. The van der Waals surface area contributed by atoms with Gasteiger partial charge in [-0.2, -0.15) is 0 Å². The maximum Gasteiger partial charge on any atom is 0.469 e. The molecular weight excluding hydrogens is 655 g/mol. The standard InChI is InChI=1S/C40H71O9P/c1-3-5-7-9-11-12-13-14-15-16-17-18-19-20-24-29-33-40(42)48-36(35-47-50(43,44)45)34-46-39(41)32-28-25-21-23-27-31-38-37(49-38)30-26-22-10-8-6-4-2/h11-12,14-15,22,26,36-38H,3-10,13,16-21,23-25,27-35H2,1-2H3,(H2,43,44,45)/b12-11-,15-14-,26-22-/t36-,37?,38?/m1/s1. The highest BCUT2D eigenvalue weighted by atomic mass is 31.2. The van der Waals surface area contributed by atoms with Crippen molar-refractivity contribution < 1.29 is 42.7 Å². The number of carbonyl (C=O) groups is 2. The van der Waals surface area contributed by atoms with E-state index in [0.717, 1.165) is 89.9 Å². The van der Waals surface area contributed by atoms with Gasteiger partial charge in [-0.25, -0.2) is 4.57 Å². The Morgan fingerprint density at radius 2 is 1.16 bits per heavy atom. The van der Waals surface area contributed by atoms with Gasteiger partial charge in [-0.05, 0) is 70.6 Å². The molecule has 0 aromatic rings. The monoisotopic (exact) mass is 726 g/mol. The van der Waals surface area contributed by atoms with Crippen LogP contribution in [-0.2, 0) is 32.9 Å². The van der Waals surface area contributed by atoms with Crippen LogP contribution in [0.2, 0.25) is 0 Å². The molecule has 2 N–H and O–H groups in total. The Balaban J connectivity index is 2.09. The molecule has 10 heteroatoms. The molecule has 0 amide bonds. The highest BCUT2D eigenvalue weighted by molar-refractivity contribution is 7.46. The molecule has 1 fully saturated rings. The normalized spacial score (nSPS) is 16.9. The third-order valence-corrected chi connectivity index (χ3v) is 9.29. The summed E-state index contributed by atoms with van der Waals surface area (Å²) in [5.41, 5.74) is 0. The Morgan fingerprint density at radius 1 is 0.640 bits per heavy atom. The fraction of sp³-hybridized carbons (Fsp3) is 0.800. The average Bonchev–Trinajstić information content (AvgIpc) is 3.84. The van der Waals surface area contributed by atoms with Crippen LogP contribution in [0.3, 0.4) is 0 Å². The van der Waals surface area contributed by atoms with Crippen LogP contribution in [0.5, 0.6) is 0 Å². The lowest BCUT2D eigenvalue weighted by atomic mass is 10.1. The first-order valence-electron chi connectivity index (χ1n) is 19.9. The summed E-state index contributed by atoms with van der Waals surface area (Å²) >= 11 is 0. The number of ether oxygens (including phenoxy) is 3. The summed E-state index contributed by atoms with van der Waals surface area (Å²) in [6, 6.07) is 0. The second kappa shape index (κ2) is 31.9. The number of phosphoric acid groups is 1. The zero-order chi connectivity index (χ0) is 36.5. The average molecular weight is 727 g/mol. The number of allylic oxidation sites excluding steroid dienone is 5. The minimum Gasteiger partial charge on any atom is -0.462 e. The molecule has 0 aliphatic carbocycles. The molecule has 0 aromatic carbocycles. The molecule has 0 radical (unpaired) electrons. The van der Waals surface area contributed by atoms with Crippen molar-refractivity contribution in [1.29, 1.82) is 0 Å². The van der Waals surface area contributed by atoms with Gasteiger partial charge >= 0.3 is 19.8 Å². The van der Waals surface area contributed by atoms with Gasteiger partial charge in [-0.3, -0.25) is 14.1 Å². The van der Waals surface area contributed by atoms with E-state index in [9.17, 15) is 14.2 Å². The number of rotatable bonds is 35. The Bertz CT molecular complexity index is 974. The number of hydrogen-bond donors (Lipinski definition) is 2. The summed E-state index contributed by atoms with van der Waals surface area (Å²) < 4.78 is 32.1. The van der Waals surface area contributed by atoms with Gasteiger partial charge in [-0.15, -0.1) is 0 Å². The van der Waals surface area contributed by atoms with E-state index in [1.807, 2.05) is 0 Å². The maximum absolute atomic E-state index is 12.4.